The second-order valence-electron chi connectivity index (χ2n) is 3.14. The van der Waals surface area contributed by atoms with E-state index in [0.717, 1.165) is 11.1 Å². The molecule has 0 saturated heterocycles. The van der Waals surface area contributed by atoms with Crippen LogP contribution in [0.2, 0.25) is 0 Å². The number of carbonyl (C=O) groups is 1. The van der Waals surface area contributed by atoms with E-state index in [4.69, 9.17) is 4.55 Å². The fourth-order valence-corrected chi connectivity index (χ4v) is 1.35. The predicted molar refractivity (Wildman–Crippen MR) is 73.7 cm³/mol. The molecular weight excluding hydrogens is 299 g/mol. The first-order valence-corrected chi connectivity index (χ1v) is 7.92. The van der Waals surface area contributed by atoms with Gasteiger partial charge >= 0.3 is 29.9 Å². The number of benzene rings is 2. The maximum atomic E-state index is 11.8. The molecule has 0 saturated carbocycles. The molecule has 2 nitrogen and oxygen atoms in total. The van der Waals surface area contributed by atoms with Gasteiger partial charge in [-0.05, 0) is 0 Å². The van der Waals surface area contributed by atoms with Gasteiger partial charge in [0.05, 0.1) is 0 Å². The molecule has 0 radical (unpaired) electrons. The van der Waals surface area contributed by atoms with Gasteiger partial charge in [-0.1, -0.05) is 60.7 Å². The fraction of sp³-hybridized carbons (Fsp3) is 0. The molecule has 0 aliphatic rings. The maximum absolute atomic E-state index is 11.8. The minimum absolute atomic E-state index is 0.0752. The topological polar surface area (TPSA) is 37.3 Å². The normalized spacial score (nSPS) is 9.06. The zero-order chi connectivity index (χ0) is 12.5. The van der Waals surface area contributed by atoms with Crippen molar-refractivity contribution in [3.05, 3.63) is 71.8 Å². The molecule has 2 aromatic carbocycles. The molecule has 0 bridgehead atoms. The monoisotopic (exact) mass is 312 g/mol. The first-order chi connectivity index (χ1) is 8.29. The van der Waals surface area contributed by atoms with Gasteiger partial charge in [0.2, 0.25) is 0 Å². The molecule has 0 unspecified atom stereocenters. The van der Waals surface area contributed by atoms with Gasteiger partial charge in [0.15, 0.2) is 5.78 Å². The van der Waals surface area contributed by atoms with Crippen molar-refractivity contribution < 1.29 is 9.35 Å². The summed E-state index contributed by atoms with van der Waals surface area (Å²) in [5.41, 5.74) is 1.47. The number of carbonyl (C=O) groups excluding carboxylic acids is 1. The van der Waals surface area contributed by atoms with E-state index in [2.05, 4.69) is 0 Å². The zero-order valence-electron chi connectivity index (χ0n) is 8.98. The third kappa shape index (κ3) is 4.75. The second kappa shape index (κ2) is 8.09. The van der Waals surface area contributed by atoms with Crippen LogP contribution in [0.25, 0.3) is 0 Å². The average Bonchev–Trinajstić information content (AvgIpc) is 2.41. The van der Waals surface area contributed by atoms with Gasteiger partial charge in [-0.2, -0.15) is 0 Å². The molecule has 2 rings (SSSR count). The van der Waals surface area contributed by atoms with Crippen LogP contribution in [0.5, 0.6) is 0 Å². The van der Waals surface area contributed by atoms with Crippen LogP contribution in [0.4, 0.5) is 0 Å². The molecule has 0 fully saturated rings. The van der Waals surface area contributed by atoms with Gasteiger partial charge in [-0.25, -0.2) is 0 Å². The van der Waals surface area contributed by atoms with E-state index in [1.807, 2.05) is 75.6 Å². The summed E-state index contributed by atoms with van der Waals surface area (Å²) in [5.74, 6) is 0.0752. The SMILES string of the molecule is O=C(c1ccccc1)c1ccccc1.OS[SeH]. The molecule has 0 aliphatic carbocycles. The van der Waals surface area contributed by atoms with Crippen molar-refractivity contribution in [2.75, 3.05) is 0 Å². The number of hydrogen-bond acceptors (Lipinski definition) is 3. The Morgan fingerprint density at radius 3 is 1.47 bits per heavy atom. The molecule has 0 aliphatic heterocycles. The summed E-state index contributed by atoms with van der Waals surface area (Å²) in [7, 11) is 0.687. The minimum atomic E-state index is 0.0752. The Labute approximate surface area is 112 Å². The molecule has 2 aromatic rings. The van der Waals surface area contributed by atoms with Gasteiger partial charge in [0.1, 0.15) is 0 Å². The summed E-state index contributed by atoms with van der Waals surface area (Å²) in [6.07, 6.45) is 0. The fourth-order valence-electron chi connectivity index (χ4n) is 1.35. The summed E-state index contributed by atoms with van der Waals surface area (Å²) in [6.45, 7) is 0. The van der Waals surface area contributed by atoms with Crippen LogP contribution in [0.15, 0.2) is 60.7 Å². The third-order valence-corrected chi connectivity index (χ3v) is 2.07. The van der Waals surface area contributed by atoms with E-state index in [-0.39, 0.29) is 5.78 Å². The molecular formula is C13H12O2SSe. The first-order valence-electron chi connectivity index (χ1n) is 4.89. The molecule has 88 valence electrons. The van der Waals surface area contributed by atoms with E-state index in [9.17, 15) is 4.79 Å². The van der Waals surface area contributed by atoms with E-state index in [1.165, 1.54) is 0 Å². The van der Waals surface area contributed by atoms with Crippen LogP contribution >= 0.6 is 10.5 Å². The number of rotatable bonds is 2. The van der Waals surface area contributed by atoms with E-state index in [1.54, 1.807) is 0 Å². The molecule has 0 amide bonds. The number of ketones is 1. The molecule has 1 N–H and O–H groups in total. The molecule has 0 spiro atoms. The molecule has 17 heavy (non-hydrogen) atoms. The second-order valence-corrected chi connectivity index (χ2v) is 4.33. The summed E-state index contributed by atoms with van der Waals surface area (Å²) in [6, 6.07) is 18.6. The Bertz CT molecular complexity index is 404. The van der Waals surface area contributed by atoms with Crippen molar-refractivity contribution >= 4 is 31.1 Å². The van der Waals surface area contributed by atoms with Crippen molar-refractivity contribution in [2.45, 2.75) is 0 Å². The summed E-state index contributed by atoms with van der Waals surface area (Å²) in [4.78, 5) is 11.8. The Kier molecular flexibility index (Phi) is 6.67. The van der Waals surface area contributed by atoms with Gasteiger partial charge in [0.25, 0.3) is 0 Å². The van der Waals surface area contributed by atoms with Crippen LogP contribution in [0.1, 0.15) is 15.9 Å². The van der Waals surface area contributed by atoms with Gasteiger partial charge in [0, 0.05) is 11.1 Å². The van der Waals surface area contributed by atoms with Crippen molar-refractivity contribution in [2.24, 2.45) is 0 Å². The summed E-state index contributed by atoms with van der Waals surface area (Å²) >= 11 is 1.94. The predicted octanol–water partition coefficient (Wildman–Crippen LogP) is 2.93. The molecule has 0 aromatic heterocycles. The molecule has 4 heteroatoms. The summed E-state index contributed by atoms with van der Waals surface area (Å²) in [5, 5.41) is 0. The van der Waals surface area contributed by atoms with Gasteiger partial charge in [-0.15, -0.1) is 0 Å². The number of hydrogen-bond donors (Lipinski definition) is 1. The van der Waals surface area contributed by atoms with Gasteiger partial charge in [-0.3, -0.25) is 4.79 Å². The van der Waals surface area contributed by atoms with Crippen LogP contribution < -0.4 is 0 Å². The third-order valence-electron chi connectivity index (χ3n) is 2.07. The average molecular weight is 311 g/mol. The van der Waals surface area contributed by atoms with E-state index < -0.39 is 0 Å². The van der Waals surface area contributed by atoms with Crippen LogP contribution in [0.3, 0.4) is 0 Å². The summed E-state index contributed by atoms with van der Waals surface area (Å²) < 4.78 is 7.46. The first kappa shape index (κ1) is 14.0. The Morgan fingerprint density at radius 1 is 0.882 bits per heavy atom. The van der Waals surface area contributed by atoms with Crippen molar-refractivity contribution in [3.63, 3.8) is 0 Å². The standard InChI is InChI=1S/C13H10O.H2OSSe/c14-13(11-7-3-1-4-8-11)12-9-5-2-6-10-12;1-2-3/h1-10H;1,3H. The van der Waals surface area contributed by atoms with Crippen molar-refractivity contribution in [1.29, 1.82) is 0 Å². The molecule has 0 heterocycles. The van der Waals surface area contributed by atoms with Crippen molar-refractivity contribution in [1.82, 2.24) is 0 Å². The van der Waals surface area contributed by atoms with Gasteiger partial charge < -0.3 is 0 Å². The van der Waals surface area contributed by atoms with Crippen LogP contribution in [0, 0.1) is 0 Å². The van der Waals surface area contributed by atoms with E-state index >= 15 is 0 Å². The Balaban J connectivity index is 0.000000437. The Hall–Kier alpha value is -1.06. The van der Waals surface area contributed by atoms with Crippen LogP contribution in [-0.4, -0.2) is 25.2 Å². The quantitative estimate of drug-likeness (QED) is 0.526. The zero-order valence-corrected chi connectivity index (χ0v) is 11.7. The Morgan fingerprint density at radius 2 is 1.18 bits per heavy atom. The molecule has 0 atom stereocenters. The van der Waals surface area contributed by atoms with E-state index in [0.29, 0.717) is 10.5 Å². The van der Waals surface area contributed by atoms with Crippen molar-refractivity contribution in [3.8, 4) is 0 Å². The van der Waals surface area contributed by atoms with Crippen LogP contribution in [-0.2, 0) is 0 Å².